The van der Waals surface area contributed by atoms with Crippen LogP contribution in [0.5, 0.6) is 0 Å². The van der Waals surface area contributed by atoms with E-state index in [0.717, 1.165) is 0 Å². The topological polar surface area (TPSA) is 57.6 Å². The second-order valence-electron chi connectivity index (χ2n) is 5.48. The first-order chi connectivity index (χ1) is 9.07. The van der Waals surface area contributed by atoms with E-state index in [0.29, 0.717) is 22.6 Å². The van der Waals surface area contributed by atoms with Crippen molar-refractivity contribution in [1.82, 2.24) is 4.31 Å². The van der Waals surface area contributed by atoms with Crippen LogP contribution in [0.2, 0.25) is 5.02 Å². The van der Waals surface area contributed by atoms with Gasteiger partial charge in [0.2, 0.25) is 10.0 Å². The van der Waals surface area contributed by atoms with Crippen molar-refractivity contribution in [2.24, 2.45) is 0 Å². The van der Waals surface area contributed by atoms with Gasteiger partial charge in [-0.2, -0.15) is 4.31 Å². The predicted molar refractivity (Wildman–Crippen MR) is 81.4 cm³/mol. The lowest BCUT2D eigenvalue weighted by molar-refractivity contribution is 0.257. The van der Waals surface area contributed by atoms with E-state index in [-0.39, 0.29) is 11.5 Å². The minimum Gasteiger partial charge on any atom is -0.392 e. The molecule has 0 atom stereocenters. The first-order valence-electron chi connectivity index (χ1n) is 6.46. The van der Waals surface area contributed by atoms with E-state index >= 15 is 0 Å². The van der Waals surface area contributed by atoms with Gasteiger partial charge < -0.3 is 5.11 Å². The highest BCUT2D eigenvalue weighted by molar-refractivity contribution is 7.89. The lowest BCUT2D eigenvalue weighted by Crippen LogP contribution is -2.44. The molecule has 0 aliphatic carbocycles. The first kappa shape index (κ1) is 17.4. The molecule has 1 rings (SSSR count). The highest BCUT2D eigenvalue weighted by Gasteiger charge is 2.34. The Morgan fingerprint density at radius 2 is 1.90 bits per heavy atom. The van der Waals surface area contributed by atoms with Crippen molar-refractivity contribution < 1.29 is 13.5 Å². The van der Waals surface area contributed by atoms with Gasteiger partial charge in [-0.3, -0.25) is 0 Å². The van der Waals surface area contributed by atoms with Crippen LogP contribution >= 0.6 is 11.6 Å². The molecular weight excluding hydrogens is 298 g/mol. The zero-order valence-corrected chi connectivity index (χ0v) is 14.1. The summed E-state index contributed by atoms with van der Waals surface area (Å²) in [6.45, 7) is 7.13. The summed E-state index contributed by atoms with van der Waals surface area (Å²) >= 11 is 5.97. The molecular formula is C14H22ClNO3S. The Labute approximate surface area is 126 Å². The van der Waals surface area contributed by atoms with E-state index in [2.05, 4.69) is 0 Å². The van der Waals surface area contributed by atoms with Gasteiger partial charge in [-0.25, -0.2) is 8.42 Å². The number of nitrogens with zero attached hydrogens (tertiary/aromatic N) is 1. The van der Waals surface area contributed by atoms with Crippen LogP contribution in [-0.4, -0.2) is 30.4 Å². The van der Waals surface area contributed by atoms with E-state index in [1.807, 2.05) is 20.8 Å². The Balaban J connectivity index is 3.48. The molecule has 4 nitrogen and oxygen atoms in total. The van der Waals surface area contributed by atoms with Crippen LogP contribution in [0.25, 0.3) is 0 Å². The van der Waals surface area contributed by atoms with Gasteiger partial charge in [0.15, 0.2) is 0 Å². The van der Waals surface area contributed by atoms with Gasteiger partial charge >= 0.3 is 0 Å². The van der Waals surface area contributed by atoms with Crippen molar-refractivity contribution in [3.8, 4) is 0 Å². The number of benzene rings is 1. The van der Waals surface area contributed by atoms with Crippen molar-refractivity contribution in [2.45, 2.75) is 51.2 Å². The second-order valence-corrected chi connectivity index (χ2v) is 7.86. The number of rotatable bonds is 5. The van der Waals surface area contributed by atoms with Crippen molar-refractivity contribution in [3.05, 3.63) is 28.3 Å². The average molecular weight is 320 g/mol. The summed E-state index contributed by atoms with van der Waals surface area (Å²) in [5.41, 5.74) is 0.571. The van der Waals surface area contributed by atoms with E-state index < -0.39 is 15.6 Å². The lowest BCUT2D eigenvalue weighted by atomic mass is 10.0. The molecule has 0 heterocycles. The molecule has 0 bridgehead atoms. The molecule has 1 aromatic carbocycles. The third kappa shape index (κ3) is 3.17. The molecule has 0 aliphatic rings. The lowest BCUT2D eigenvalue weighted by Gasteiger charge is -2.34. The molecule has 114 valence electrons. The number of hydrogen-bond acceptors (Lipinski definition) is 3. The summed E-state index contributed by atoms with van der Waals surface area (Å²) < 4.78 is 26.9. The molecule has 1 N–H and O–H groups in total. The van der Waals surface area contributed by atoms with Crippen molar-refractivity contribution >= 4 is 21.6 Å². The van der Waals surface area contributed by atoms with Crippen LogP contribution in [0.4, 0.5) is 0 Å². The highest BCUT2D eigenvalue weighted by atomic mass is 35.5. The third-order valence-corrected chi connectivity index (χ3v) is 6.37. The maximum Gasteiger partial charge on any atom is 0.243 e. The van der Waals surface area contributed by atoms with E-state index in [4.69, 9.17) is 11.6 Å². The zero-order valence-electron chi connectivity index (χ0n) is 12.6. The minimum absolute atomic E-state index is 0.151. The molecule has 0 radical (unpaired) electrons. The van der Waals surface area contributed by atoms with Crippen molar-refractivity contribution in [2.75, 3.05) is 7.05 Å². The van der Waals surface area contributed by atoms with Crippen molar-refractivity contribution in [1.29, 1.82) is 0 Å². The second kappa shape index (κ2) is 6.02. The molecule has 0 unspecified atom stereocenters. The smallest absolute Gasteiger partial charge is 0.243 e. The molecule has 0 aliphatic heterocycles. The summed E-state index contributed by atoms with van der Waals surface area (Å²) in [6.07, 6.45) is 0.690. The number of aliphatic hydroxyl groups is 1. The van der Waals surface area contributed by atoms with Crippen LogP contribution in [0.1, 0.15) is 38.3 Å². The fourth-order valence-electron chi connectivity index (χ4n) is 1.84. The molecule has 0 saturated heterocycles. The number of halogens is 1. The van der Waals surface area contributed by atoms with Crippen molar-refractivity contribution in [3.63, 3.8) is 0 Å². The molecule has 0 amide bonds. The fraction of sp³-hybridized carbons (Fsp3) is 0.571. The van der Waals surface area contributed by atoms with Gasteiger partial charge in [-0.05, 0) is 50.5 Å². The average Bonchev–Trinajstić information content (AvgIpc) is 2.39. The van der Waals surface area contributed by atoms with Gasteiger partial charge in [0.1, 0.15) is 0 Å². The third-order valence-electron chi connectivity index (χ3n) is 3.96. The molecule has 1 aromatic rings. The van der Waals surface area contributed by atoms with Gasteiger partial charge in [-0.15, -0.1) is 0 Å². The summed E-state index contributed by atoms with van der Waals surface area (Å²) in [5.74, 6) is 0. The van der Waals surface area contributed by atoms with Gasteiger partial charge in [-0.1, -0.05) is 18.5 Å². The van der Waals surface area contributed by atoms with Crippen LogP contribution < -0.4 is 0 Å². The molecule has 0 spiro atoms. The number of sulfonamides is 1. The van der Waals surface area contributed by atoms with Gasteiger partial charge in [0, 0.05) is 17.6 Å². The van der Waals surface area contributed by atoms with E-state index in [9.17, 15) is 13.5 Å². The molecule has 0 aromatic heterocycles. The Morgan fingerprint density at radius 3 is 2.35 bits per heavy atom. The van der Waals surface area contributed by atoms with Gasteiger partial charge in [0.05, 0.1) is 11.5 Å². The van der Waals surface area contributed by atoms with E-state index in [1.54, 1.807) is 20.0 Å². The number of hydrogen-bond donors (Lipinski definition) is 1. The Morgan fingerprint density at radius 1 is 1.35 bits per heavy atom. The molecule has 6 heteroatoms. The minimum atomic E-state index is -3.66. The quantitative estimate of drug-likeness (QED) is 0.907. The molecule has 0 saturated carbocycles. The van der Waals surface area contributed by atoms with Crippen LogP contribution in [0.3, 0.4) is 0 Å². The Kier molecular flexibility index (Phi) is 5.24. The maximum absolute atomic E-state index is 12.8. The standard InChI is InChI=1S/C14H22ClNO3S/c1-6-14(3,4)16(5)20(18,19)13-8-12(15)7-11(9-17)10(13)2/h7-8,17H,6,9H2,1-5H3. The molecule has 20 heavy (non-hydrogen) atoms. The SMILES string of the molecule is CCC(C)(C)N(C)S(=O)(=O)c1cc(Cl)cc(CO)c1C. The summed E-state index contributed by atoms with van der Waals surface area (Å²) in [4.78, 5) is 0.151. The fourth-order valence-corrected chi connectivity index (χ4v) is 4.01. The highest BCUT2D eigenvalue weighted by Crippen LogP contribution is 2.30. The summed E-state index contributed by atoms with van der Waals surface area (Å²) in [5, 5.41) is 9.62. The largest absolute Gasteiger partial charge is 0.392 e. The Hall–Kier alpha value is -0.620. The van der Waals surface area contributed by atoms with E-state index in [1.165, 1.54) is 10.4 Å². The maximum atomic E-state index is 12.8. The normalized spacial score (nSPS) is 13.0. The first-order valence-corrected chi connectivity index (χ1v) is 8.28. The van der Waals surface area contributed by atoms with Gasteiger partial charge in [0.25, 0.3) is 0 Å². The number of aliphatic hydroxyl groups excluding tert-OH is 1. The zero-order chi connectivity index (χ0) is 15.7. The molecule has 0 fully saturated rings. The summed E-state index contributed by atoms with van der Waals surface area (Å²) in [7, 11) is -2.09. The summed E-state index contributed by atoms with van der Waals surface area (Å²) in [6, 6.07) is 3.02. The van der Waals surface area contributed by atoms with Crippen LogP contribution in [0.15, 0.2) is 17.0 Å². The predicted octanol–water partition coefficient (Wildman–Crippen LogP) is 2.95. The monoisotopic (exact) mass is 319 g/mol. The van der Waals surface area contributed by atoms with Crippen LogP contribution in [-0.2, 0) is 16.6 Å². The Bertz CT molecular complexity index is 597. The van der Waals surface area contributed by atoms with Crippen LogP contribution in [0, 0.1) is 6.92 Å².